The van der Waals surface area contributed by atoms with Crippen molar-refractivity contribution < 1.29 is 33.8 Å². The third kappa shape index (κ3) is 10.2. The summed E-state index contributed by atoms with van der Waals surface area (Å²) in [4.78, 5) is 48.7. The fourth-order valence-corrected chi connectivity index (χ4v) is 2.19. The van der Waals surface area contributed by atoms with Crippen molar-refractivity contribution in [3.05, 3.63) is 12.7 Å². The molecule has 30 heavy (non-hydrogen) atoms. The molecule has 0 aromatic rings. The Kier molecular flexibility index (Phi) is 10.5. The molecule has 0 aliphatic heterocycles. The summed E-state index contributed by atoms with van der Waals surface area (Å²) < 4.78 is 10.4. The van der Waals surface area contributed by atoms with E-state index in [0.29, 0.717) is 0 Å². The number of carboxylic acid groups (broad SMARTS) is 1. The molecule has 0 saturated heterocycles. The number of carbonyl (C=O) groups is 4. The fourth-order valence-electron chi connectivity index (χ4n) is 2.19. The molecule has 0 fully saturated rings. The van der Waals surface area contributed by atoms with E-state index in [4.69, 9.17) is 9.47 Å². The lowest BCUT2D eigenvalue weighted by molar-refractivity contribution is -0.144. The number of aliphatic carboxylic acids is 1. The van der Waals surface area contributed by atoms with Crippen molar-refractivity contribution in [1.29, 1.82) is 0 Å². The maximum atomic E-state index is 12.7. The topological polar surface area (TPSA) is 143 Å². The van der Waals surface area contributed by atoms with Crippen LogP contribution >= 0.6 is 0 Å². The van der Waals surface area contributed by atoms with E-state index < -0.39 is 47.1 Å². The molecule has 0 spiro atoms. The molecular weight excluding hydrogens is 394 g/mol. The van der Waals surface area contributed by atoms with Crippen molar-refractivity contribution in [2.75, 3.05) is 13.2 Å². The van der Waals surface area contributed by atoms with E-state index in [1.807, 2.05) is 0 Å². The molecule has 0 aromatic heterocycles. The summed E-state index contributed by atoms with van der Waals surface area (Å²) in [5.41, 5.74) is -2.22. The minimum Gasteiger partial charge on any atom is -0.480 e. The number of rotatable bonds is 11. The third-order valence-electron chi connectivity index (χ3n) is 3.75. The highest BCUT2D eigenvalue weighted by Gasteiger charge is 2.36. The van der Waals surface area contributed by atoms with E-state index in [0.717, 1.165) is 0 Å². The molecule has 3 amide bonds. The predicted octanol–water partition coefficient (Wildman–Crippen LogP) is 1.20. The molecular formula is C20H35N3O7. The Morgan fingerprint density at radius 2 is 1.63 bits per heavy atom. The second kappa shape index (κ2) is 11.5. The van der Waals surface area contributed by atoms with Crippen LogP contribution in [0, 0.1) is 5.92 Å². The zero-order valence-electron chi connectivity index (χ0n) is 18.8. The minimum absolute atomic E-state index is 0.151. The maximum Gasteiger partial charge on any atom is 0.408 e. The molecule has 0 aromatic carbocycles. The second-order valence-electron chi connectivity index (χ2n) is 8.67. The summed E-state index contributed by atoms with van der Waals surface area (Å²) >= 11 is 0. The van der Waals surface area contributed by atoms with Crippen LogP contribution in [0.5, 0.6) is 0 Å². The first-order chi connectivity index (χ1) is 13.6. The summed E-state index contributed by atoms with van der Waals surface area (Å²) in [7, 11) is 0. The molecule has 0 aliphatic rings. The second-order valence-corrected chi connectivity index (χ2v) is 8.67. The minimum atomic E-state index is -1.45. The van der Waals surface area contributed by atoms with Crippen LogP contribution in [0.2, 0.25) is 0 Å². The van der Waals surface area contributed by atoms with Crippen LogP contribution < -0.4 is 16.0 Å². The van der Waals surface area contributed by atoms with E-state index in [1.165, 1.54) is 19.9 Å². The lowest BCUT2D eigenvalue weighted by Gasteiger charge is -2.30. The molecule has 0 unspecified atom stereocenters. The number of hydrogen-bond donors (Lipinski definition) is 4. The van der Waals surface area contributed by atoms with Crippen molar-refractivity contribution >= 4 is 23.9 Å². The van der Waals surface area contributed by atoms with E-state index in [-0.39, 0.29) is 19.1 Å². The normalized spacial score (nSPS) is 13.7. The van der Waals surface area contributed by atoms with Crippen molar-refractivity contribution in [2.24, 2.45) is 5.92 Å². The van der Waals surface area contributed by atoms with Crippen LogP contribution in [0.3, 0.4) is 0 Å². The summed E-state index contributed by atoms with van der Waals surface area (Å²) in [5.74, 6) is -2.91. The van der Waals surface area contributed by atoms with Gasteiger partial charge in [-0.05, 0) is 40.5 Å². The number of amides is 3. The van der Waals surface area contributed by atoms with Crippen molar-refractivity contribution in [1.82, 2.24) is 16.0 Å². The van der Waals surface area contributed by atoms with Gasteiger partial charge in [0.05, 0.1) is 13.2 Å². The Morgan fingerprint density at radius 3 is 2.07 bits per heavy atom. The van der Waals surface area contributed by atoms with Gasteiger partial charge in [0.1, 0.15) is 23.2 Å². The van der Waals surface area contributed by atoms with Crippen LogP contribution in [0.4, 0.5) is 4.79 Å². The van der Waals surface area contributed by atoms with E-state index in [9.17, 15) is 24.3 Å². The first-order valence-corrected chi connectivity index (χ1v) is 9.64. The first kappa shape index (κ1) is 27.4. The summed E-state index contributed by atoms with van der Waals surface area (Å²) in [5, 5.41) is 16.6. The molecule has 0 heterocycles. The molecule has 4 N–H and O–H groups in total. The summed E-state index contributed by atoms with van der Waals surface area (Å²) in [6, 6.07) is -2.26. The van der Waals surface area contributed by atoms with Gasteiger partial charge in [-0.3, -0.25) is 9.59 Å². The van der Waals surface area contributed by atoms with Crippen LogP contribution in [0.15, 0.2) is 12.7 Å². The third-order valence-corrected chi connectivity index (χ3v) is 3.75. The van der Waals surface area contributed by atoms with Gasteiger partial charge in [0.15, 0.2) is 0 Å². The Morgan fingerprint density at radius 1 is 1.07 bits per heavy atom. The Bertz CT molecular complexity index is 639. The molecule has 10 heteroatoms. The van der Waals surface area contributed by atoms with Gasteiger partial charge >= 0.3 is 12.1 Å². The fraction of sp³-hybridized carbons (Fsp3) is 0.700. The quantitative estimate of drug-likeness (QED) is 0.285. The van der Waals surface area contributed by atoms with Gasteiger partial charge in [0.2, 0.25) is 11.8 Å². The molecule has 0 bridgehead atoms. The van der Waals surface area contributed by atoms with Gasteiger partial charge < -0.3 is 30.5 Å². The lowest BCUT2D eigenvalue weighted by atomic mass is 9.99. The van der Waals surface area contributed by atoms with Gasteiger partial charge in [-0.2, -0.15) is 0 Å². The number of carbonyl (C=O) groups excluding carboxylic acids is 3. The molecule has 0 saturated carbocycles. The Hall–Kier alpha value is -2.62. The van der Waals surface area contributed by atoms with Crippen LogP contribution in [0.1, 0.15) is 48.5 Å². The summed E-state index contributed by atoms with van der Waals surface area (Å²) in [6.45, 7) is 14.7. The van der Waals surface area contributed by atoms with Crippen molar-refractivity contribution in [2.45, 2.75) is 71.7 Å². The molecule has 10 nitrogen and oxygen atoms in total. The zero-order chi connectivity index (χ0) is 23.7. The zero-order valence-corrected chi connectivity index (χ0v) is 18.8. The Balaban J connectivity index is 5.27. The number of nitrogens with one attached hydrogen (secondary N) is 3. The molecule has 0 rings (SSSR count). The van der Waals surface area contributed by atoms with Crippen molar-refractivity contribution in [3.8, 4) is 0 Å². The molecule has 2 atom stereocenters. The number of alkyl carbamates (subject to hydrolysis) is 1. The van der Waals surface area contributed by atoms with E-state index >= 15 is 0 Å². The number of hydrogen-bond acceptors (Lipinski definition) is 6. The molecule has 0 aliphatic carbocycles. The van der Waals surface area contributed by atoms with Crippen LogP contribution in [0.25, 0.3) is 0 Å². The summed E-state index contributed by atoms with van der Waals surface area (Å²) in [6.07, 6.45) is 0.662. The lowest BCUT2D eigenvalue weighted by Crippen LogP contribution is -2.62. The van der Waals surface area contributed by atoms with Gasteiger partial charge in [-0.15, -0.1) is 6.58 Å². The standard InChI is InChI=1S/C20H35N3O7/c1-9-10-29-11-13(21-18(28)30-19(4,5)6)15(24)23-20(7,8)17(27)22-14(12(2)3)16(25)26/h9,12-14H,1,10-11H2,2-8H3,(H,21,28)(H,22,27)(H,23,24)(H,25,26)/t13-,14-/m0/s1. The smallest absolute Gasteiger partial charge is 0.408 e. The highest BCUT2D eigenvalue weighted by atomic mass is 16.6. The average molecular weight is 430 g/mol. The van der Waals surface area contributed by atoms with Gasteiger partial charge in [-0.25, -0.2) is 9.59 Å². The van der Waals surface area contributed by atoms with Crippen LogP contribution in [-0.2, 0) is 23.9 Å². The Labute approximate surface area is 177 Å². The number of carboxylic acids is 1. The molecule has 172 valence electrons. The first-order valence-electron chi connectivity index (χ1n) is 9.64. The number of ether oxygens (including phenoxy) is 2. The monoisotopic (exact) mass is 429 g/mol. The van der Waals surface area contributed by atoms with Gasteiger partial charge in [-0.1, -0.05) is 19.9 Å². The predicted molar refractivity (Wildman–Crippen MR) is 111 cm³/mol. The van der Waals surface area contributed by atoms with E-state index in [1.54, 1.807) is 34.6 Å². The average Bonchev–Trinajstić information content (AvgIpc) is 2.55. The van der Waals surface area contributed by atoms with Gasteiger partial charge in [0.25, 0.3) is 0 Å². The molecule has 0 radical (unpaired) electrons. The van der Waals surface area contributed by atoms with Gasteiger partial charge in [0, 0.05) is 0 Å². The van der Waals surface area contributed by atoms with E-state index in [2.05, 4.69) is 22.5 Å². The van der Waals surface area contributed by atoms with Crippen LogP contribution in [-0.4, -0.2) is 65.4 Å². The highest BCUT2D eigenvalue weighted by molar-refractivity contribution is 5.95. The maximum absolute atomic E-state index is 12.7. The highest BCUT2D eigenvalue weighted by Crippen LogP contribution is 2.09. The largest absolute Gasteiger partial charge is 0.480 e. The van der Waals surface area contributed by atoms with Crippen molar-refractivity contribution in [3.63, 3.8) is 0 Å². The SMILES string of the molecule is C=CCOC[C@H](NC(=O)OC(C)(C)C)C(=O)NC(C)(C)C(=O)N[C@H](C(=O)O)C(C)C.